The van der Waals surface area contributed by atoms with Crippen LogP contribution in [-0.4, -0.2) is 24.5 Å². The number of hydrogen-bond acceptors (Lipinski definition) is 3. The van der Waals surface area contributed by atoms with Gasteiger partial charge >= 0.3 is 5.97 Å². The molecule has 3 rings (SSSR count). The Bertz CT molecular complexity index is 767. The highest BCUT2D eigenvalue weighted by Gasteiger charge is 2.29. The third-order valence-corrected chi connectivity index (χ3v) is 4.01. The SMILES string of the molecule is C[C@H](OC(=O)/C=C/c1ccccc1)C(=O)N1CCc2ccccc21. The first kappa shape index (κ1) is 16.0. The van der Waals surface area contributed by atoms with Gasteiger partial charge in [-0.2, -0.15) is 0 Å². The van der Waals surface area contributed by atoms with Crippen LogP contribution < -0.4 is 4.90 Å². The summed E-state index contributed by atoms with van der Waals surface area (Å²) in [7, 11) is 0. The number of hydrogen-bond donors (Lipinski definition) is 0. The predicted molar refractivity (Wildman–Crippen MR) is 93.5 cm³/mol. The molecule has 2 aromatic carbocycles. The van der Waals surface area contributed by atoms with Crippen LogP contribution in [0, 0.1) is 0 Å². The topological polar surface area (TPSA) is 46.6 Å². The molecule has 24 heavy (non-hydrogen) atoms. The van der Waals surface area contributed by atoms with Gasteiger partial charge in [0, 0.05) is 18.3 Å². The fourth-order valence-corrected chi connectivity index (χ4v) is 2.78. The molecule has 1 aliphatic rings. The highest BCUT2D eigenvalue weighted by Crippen LogP contribution is 2.28. The van der Waals surface area contributed by atoms with Gasteiger partial charge in [0.15, 0.2) is 6.10 Å². The van der Waals surface area contributed by atoms with Crippen LogP contribution in [0.4, 0.5) is 5.69 Å². The van der Waals surface area contributed by atoms with Crippen LogP contribution in [0.1, 0.15) is 18.1 Å². The lowest BCUT2D eigenvalue weighted by molar-refractivity contribution is -0.149. The summed E-state index contributed by atoms with van der Waals surface area (Å²) in [5.74, 6) is -0.714. The van der Waals surface area contributed by atoms with Gasteiger partial charge in [-0.3, -0.25) is 4.79 Å². The van der Waals surface area contributed by atoms with E-state index in [0.717, 1.165) is 23.2 Å². The first-order valence-electron chi connectivity index (χ1n) is 7.98. The molecule has 1 aliphatic heterocycles. The second kappa shape index (κ2) is 7.13. The zero-order chi connectivity index (χ0) is 16.9. The summed E-state index contributed by atoms with van der Waals surface area (Å²) in [4.78, 5) is 26.1. The van der Waals surface area contributed by atoms with E-state index in [9.17, 15) is 9.59 Å². The van der Waals surface area contributed by atoms with Crippen LogP contribution in [0.5, 0.6) is 0 Å². The molecule has 2 aromatic rings. The molecule has 0 fully saturated rings. The Kier molecular flexibility index (Phi) is 4.75. The largest absolute Gasteiger partial charge is 0.449 e. The molecule has 0 spiro atoms. The van der Waals surface area contributed by atoms with E-state index in [1.807, 2.05) is 54.6 Å². The van der Waals surface area contributed by atoms with Crippen molar-refractivity contribution in [3.8, 4) is 0 Å². The zero-order valence-corrected chi connectivity index (χ0v) is 13.5. The quantitative estimate of drug-likeness (QED) is 0.641. The second-order valence-corrected chi connectivity index (χ2v) is 5.69. The number of anilines is 1. The van der Waals surface area contributed by atoms with Crippen LogP contribution in [0.15, 0.2) is 60.7 Å². The minimum absolute atomic E-state index is 0.193. The van der Waals surface area contributed by atoms with Crippen LogP contribution in [0.2, 0.25) is 0 Å². The number of ether oxygens (including phenoxy) is 1. The van der Waals surface area contributed by atoms with E-state index in [-0.39, 0.29) is 5.91 Å². The molecule has 0 radical (unpaired) electrons. The number of carbonyl (C=O) groups excluding carboxylic acids is 2. The standard InChI is InChI=1S/C20H19NO3/c1-15(24-19(22)12-11-16-7-3-2-4-8-16)20(23)21-14-13-17-9-5-6-10-18(17)21/h2-12,15H,13-14H2,1H3/b12-11+/t15-/m0/s1. The third-order valence-electron chi connectivity index (χ3n) is 4.01. The fraction of sp³-hybridized carbons (Fsp3) is 0.200. The van der Waals surface area contributed by atoms with E-state index in [1.165, 1.54) is 6.08 Å². The van der Waals surface area contributed by atoms with Crippen LogP contribution in [0.3, 0.4) is 0 Å². The maximum Gasteiger partial charge on any atom is 0.331 e. The lowest BCUT2D eigenvalue weighted by atomic mass is 10.2. The van der Waals surface area contributed by atoms with E-state index in [2.05, 4.69) is 0 Å². The van der Waals surface area contributed by atoms with Gasteiger partial charge in [0.25, 0.3) is 5.91 Å². The Morgan fingerprint density at radius 2 is 1.79 bits per heavy atom. The summed E-state index contributed by atoms with van der Waals surface area (Å²) in [6.45, 7) is 2.23. The summed E-state index contributed by atoms with van der Waals surface area (Å²) in [5.41, 5.74) is 2.96. The second-order valence-electron chi connectivity index (χ2n) is 5.69. The number of amides is 1. The van der Waals surface area contributed by atoms with Crippen molar-refractivity contribution in [1.29, 1.82) is 0 Å². The van der Waals surface area contributed by atoms with E-state index in [1.54, 1.807) is 17.9 Å². The van der Waals surface area contributed by atoms with Gasteiger partial charge < -0.3 is 9.64 Å². The Morgan fingerprint density at radius 3 is 2.58 bits per heavy atom. The molecule has 122 valence electrons. The minimum Gasteiger partial charge on any atom is -0.449 e. The lowest BCUT2D eigenvalue weighted by Gasteiger charge is -2.21. The number of rotatable bonds is 4. The molecule has 4 nitrogen and oxygen atoms in total. The van der Waals surface area contributed by atoms with E-state index in [0.29, 0.717) is 6.54 Å². The van der Waals surface area contributed by atoms with Gasteiger partial charge in [-0.05, 0) is 36.6 Å². The van der Waals surface area contributed by atoms with Gasteiger partial charge in [-0.15, -0.1) is 0 Å². The normalized spacial score (nSPS) is 14.5. The number of nitrogens with zero attached hydrogens (tertiary/aromatic N) is 1. The average Bonchev–Trinajstić information content (AvgIpc) is 3.04. The smallest absolute Gasteiger partial charge is 0.331 e. The Labute approximate surface area is 141 Å². The Morgan fingerprint density at radius 1 is 1.08 bits per heavy atom. The third kappa shape index (κ3) is 3.54. The molecule has 4 heteroatoms. The van der Waals surface area contributed by atoms with Crippen LogP contribution in [0.25, 0.3) is 6.08 Å². The molecule has 0 unspecified atom stereocenters. The van der Waals surface area contributed by atoms with E-state index >= 15 is 0 Å². The van der Waals surface area contributed by atoms with Crippen molar-refractivity contribution in [3.05, 3.63) is 71.8 Å². The fourth-order valence-electron chi connectivity index (χ4n) is 2.78. The highest BCUT2D eigenvalue weighted by atomic mass is 16.5. The van der Waals surface area contributed by atoms with Crippen LogP contribution in [-0.2, 0) is 20.7 Å². The van der Waals surface area contributed by atoms with Gasteiger partial charge in [-0.25, -0.2) is 4.79 Å². The molecule has 0 N–H and O–H groups in total. The van der Waals surface area contributed by atoms with Crippen molar-refractivity contribution < 1.29 is 14.3 Å². The van der Waals surface area contributed by atoms with E-state index in [4.69, 9.17) is 4.74 Å². The number of carbonyl (C=O) groups is 2. The van der Waals surface area contributed by atoms with Crippen molar-refractivity contribution in [2.45, 2.75) is 19.4 Å². The molecule has 1 heterocycles. The molecular weight excluding hydrogens is 302 g/mol. The number of fused-ring (bicyclic) bond motifs is 1. The molecule has 0 bridgehead atoms. The summed E-state index contributed by atoms with van der Waals surface area (Å²) >= 11 is 0. The molecular formula is C20H19NO3. The lowest BCUT2D eigenvalue weighted by Crippen LogP contribution is -2.38. The van der Waals surface area contributed by atoms with Crippen molar-refractivity contribution >= 4 is 23.6 Å². The molecule has 0 aromatic heterocycles. The molecule has 0 saturated heterocycles. The highest BCUT2D eigenvalue weighted by molar-refractivity contribution is 6.00. The van der Waals surface area contributed by atoms with Crippen molar-refractivity contribution in [3.63, 3.8) is 0 Å². The van der Waals surface area contributed by atoms with Gasteiger partial charge in [0.2, 0.25) is 0 Å². The number of esters is 1. The first-order chi connectivity index (χ1) is 11.6. The summed E-state index contributed by atoms with van der Waals surface area (Å²) in [6.07, 6.45) is 3.03. The molecule has 1 amide bonds. The van der Waals surface area contributed by atoms with Gasteiger partial charge in [0.1, 0.15) is 0 Å². The zero-order valence-electron chi connectivity index (χ0n) is 13.5. The molecule has 0 aliphatic carbocycles. The van der Waals surface area contributed by atoms with Gasteiger partial charge in [0.05, 0.1) is 0 Å². The van der Waals surface area contributed by atoms with Crippen molar-refractivity contribution in [1.82, 2.24) is 0 Å². The maximum absolute atomic E-state index is 12.5. The molecule has 1 atom stereocenters. The summed E-state index contributed by atoms with van der Waals surface area (Å²) in [6, 6.07) is 17.3. The number of para-hydroxylation sites is 1. The monoisotopic (exact) mass is 321 g/mol. The summed E-state index contributed by atoms with van der Waals surface area (Å²) in [5, 5.41) is 0. The predicted octanol–water partition coefficient (Wildman–Crippen LogP) is 3.22. The average molecular weight is 321 g/mol. The minimum atomic E-state index is -0.816. The van der Waals surface area contributed by atoms with Gasteiger partial charge in [-0.1, -0.05) is 48.5 Å². The maximum atomic E-state index is 12.5. The Balaban J connectivity index is 1.61. The number of benzene rings is 2. The van der Waals surface area contributed by atoms with Crippen LogP contribution >= 0.6 is 0 Å². The van der Waals surface area contributed by atoms with E-state index < -0.39 is 12.1 Å². The van der Waals surface area contributed by atoms with Crippen molar-refractivity contribution in [2.24, 2.45) is 0 Å². The summed E-state index contributed by atoms with van der Waals surface area (Å²) < 4.78 is 5.24. The first-order valence-corrected chi connectivity index (χ1v) is 7.98. The molecule has 0 saturated carbocycles. The van der Waals surface area contributed by atoms with Crippen molar-refractivity contribution in [2.75, 3.05) is 11.4 Å². The Hall–Kier alpha value is -2.88.